The highest BCUT2D eigenvalue weighted by atomic mass is 35.5. The largest absolute Gasteiger partial charge is 0.421 e. The van der Waals surface area contributed by atoms with Crippen LogP contribution in [0.4, 0.5) is 4.39 Å². The van der Waals surface area contributed by atoms with Crippen LogP contribution >= 0.6 is 11.6 Å². The molecule has 2 aromatic carbocycles. The van der Waals surface area contributed by atoms with Gasteiger partial charge in [0, 0.05) is 23.6 Å². The first kappa shape index (κ1) is 17.5. The van der Waals surface area contributed by atoms with Crippen LogP contribution in [0.3, 0.4) is 0 Å². The average Bonchev–Trinajstić information content (AvgIpc) is 3.04. The number of sulfonamides is 1. The fourth-order valence-corrected chi connectivity index (χ4v) is 3.41. The monoisotopic (exact) mass is 381 g/mol. The maximum absolute atomic E-state index is 12.9. The van der Waals surface area contributed by atoms with E-state index in [1.807, 2.05) is 0 Å². The van der Waals surface area contributed by atoms with Crippen molar-refractivity contribution >= 4 is 21.6 Å². The van der Waals surface area contributed by atoms with Crippen molar-refractivity contribution in [1.82, 2.24) is 14.9 Å². The number of nitrogens with zero attached hydrogens (tertiary/aromatic N) is 2. The van der Waals surface area contributed by atoms with Gasteiger partial charge in [-0.15, -0.1) is 10.2 Å². The molecule has 0 aliphatic rings. The molecule has 0 bridgehead atoms. The zero-order valence-corrected chi connectivity index (χ0v) is 14.4. The van der Waals surface area contributed by atoms with Gasteiger partial charge in [-0.1, -0.05) is 17.7 Å². The van der Waals surface area contributed by atoms with E-state index in [0.29, 0.717) is 10.6 Å². The number of rotatable bonds is 6. The fourth-order valence-electron chi connectivity index (χ4n) is 2.07. The molecule has 0 atom stereocenters. The summed E-state index contributed by atoms with van der Waals surface area (Å²) in [5.74, 6) is 0.153. The molecule has 9 heteroatoms. The summed E-state index contributed by atoms with van der Waals surface area (Å²) in [6, 6.07) is 11.6. The highest BCUT2D eigenvalue weighted by Gasteiger charge is 2.15. The molecule has 0 aliphatic carbocycles. The molecule has 0 saturated heterocycles. The van der Waals surface area contributed by atoms with E-state index in [0.717, 1.165) is 0 Å². The molecular weight excluding hydrogens is 369 g/mol. The summed E-state index contributed by atoms with van der Waals surface area (Å²) in [6.45, 7) is 0.0832. The Labute approximate surface area is 148 Å². The van der Waals surface area contributed by atoms with Gasteiger partial charge in [-0.2, -0.15) is 0 Å². The van der Waals surface area contributed by atoms with E-state index in [1.54, 1.807) is 12.1 Å². The van der Waals surface area contributed by atoms with E-state index >= 15 is 0 Å². The van der Waals surface area contributed by atoms with Gasteiger partial charge >= 0.3 is 0 Å². The second kappa shape index (κ2) is 7.30. The molecule has 0 aliphatic heterocycles. The van der Waals surface area contributed by atoms with Crippen LogP contribution in [0.15, 0.2) is 57.8 Å². The highest BCUT2D eigenvalue weighted by Crippen LogP contribution is 2.18. The van der Waals surface area contributed by atoms with Crippen LogP contribution in [0, 0.1) is 5.82 Å². The predicted octanol–water partition coefficient (Wildman–Crippen LogP) is 3.05. The molecule has 1 aromatic heterocycles. The Morgan fingerprint density at radius 3 is 2.60 bits per heavy atom. The topological polar surface area (TPSA) is 85.1 Å². The fraction of sp³-hybridized carbons (Fsp3) is 0.125. The Morgan fingerprint density at radius 2 is 1.88 bits per heavy atom. The molecule has 6 nitrogen and oxygen atoms in total. The maximum Gasteiger partial charge on any atom is 0.247 e. The lowest BCUT2D eigenvalue weighted by Gasteiger charge is -2.05. The Hall–Kier alpha value is -2.29. The Morgan fingerprint density at radius 1 is 1.12 bits per heavy atom. The first-order valence-electron chi connectivity index (χ1n) is 7.27. The number of halogens is 2. The number of hydrogen-bond donors (Lipinski definition) is 1. The number of nitrogens with one attached hydrogen (secondary N) is 1. The van der Waals surface area contributed by atoms with Crippen LogP contribution in [-0.2, 0) is 16.4 Å². The smallest absolute Gasteiger partial charge is 0.247 e. The van der Waals surface area contributed by atoms with Gasteiger partial charge in [0.2, 0.25) is 21.8 Å². The van der Waals surface area contributed by atoms with Crippen molar-refractivity contribution < 1.29 is 17.2 Å². The molecule has 0 spiro atoms. The number of hydrogen-bond acceptors (Lipinski definition) is 5. The molecule has 25 heavy (non-hydrogen) atoms. The average molecular weight is 382 g/mol. The first-order chi connectivity index (χ1) is 11.9. The first-order valence-corrected chi connectivity index (χ1v) is 9.14. The van der Waals surface area contributed by atoms with Crippen molar-refractivity contribution in [3.8, 4) is 11.5 Å². The van der Waals surface area contributed by atoms with Gasteiger partial charge in [0.25, 0.3) is 0 Å². The lowest BCUT2D eigenvalue weighted by Crippen LogP contribution is -2.26. The normalized spacial score (nSPS) is 11.6. The van der Waals surface area contributed by atoms with Crippen LogP contribution in [0.2, 0.25) is 5.02 Å². The molecule has 0 unspecified atom stereocenters. The van der Waals surface area contributed by atoms with Gasteiger partial charge in [-0.3, -0.25) is 0 Å². The molecule has 0 saturated carbocycles. The summed E-state index contributed by atoms with van der Waals surface area (Å²) >= 11 is 5.80. The molecule has 0 fully saturated rings. The second-order valence-corrected chi connectivity index (χ2v) is 7.32. The maximum atomic E-state index is 12.9. The second-order valence-electron chi connectivity index (χ2n) is 5.11. The minimum atomic E-state index is -3.67. The third-order valence-corrected chi connectivity index (χ3v) is 4.99. The van der Waals surface area contributed by atoms with E-state index in [1.165, 1.54) is 36.4 Å². The van der Waals surface area contributed by atoms with Gasteiger partial charge in [0.1, 0.15) is 5.82 Å². The summed E-state index contributed by atoms with van der Waals surface area (Å²) in [7, 11) is -3.67. The quantitative estimate of drug-likeness (QED) is 0.709. The van der Waals surface area contributed by atoms with Crippen LogP contribution < -0.4 is 4.72 Å². The number of aromatic nitrogens is 2. The third-order valence-electron chi connectivity index (χ3n) is 3.30. The minimum Gasteiger partial charge on any atom is -0.421 e. The van der Waals surface area contributed by atoms with E-state index in [4.69, 9.17) is 16.0 Å². The summed E-state index contributed by atoms with van der Waals surface area (Å²) < 4.78 is 45.1. The van der Waals surface area contributed by atoms with Crippen molar-refractivity contribution in [2.45, 2.75) is 11.3 Å². The van der Waals surface area contributed by atoms with E-state index in [9.17, 15) is 12.8 Å². The molecule has 0 amide bonds. The Balaban J connectivity index is 1.62. The van der Waals surface area contributed by atoms with Gasteiger partial charge in [-0.25, -0.2) is 17.5 Å². The zero-order chi connectivity index (χ0) is 17.9. The lowest BCUT2D eigenvalue weighted by atomic mass is 10.2. The van der Waals surface area contributed by atoms with Gasteiger partial charge in [-0.05, 0) is 42.5 Å². The van der Waals surface area contributed by atoms with Crippen molar-refractivity contribution in [2.24, 2.45) is 0 Å². The van der Waals surface area contributed by atoms with Crippen molar-refractivity contribution in [3.05, 3.63) is 65.3 Å². The third kappa shape index (κ3) is 4.41. The van der Waals surface area contributed by atoms with Crippen molar-refractivity contribution in [2.75, 3.05) is 6.54 Å². The SMILES string of the molecule is O=S(=O)(NCCc1nnc(-c2ccc(F)cc2)o1)c1cccc(Cl)c1. The van der Waals surface area contributed by atoms with Crippen molar-refractivity contribution in [1.29, 1.82) is 0 Å². The van der Waals surface area contributed by atoms with Crippen LogP contribution in [0.1, 0.15) is 5.89 Å². The number of benzene rings is 2. The summed E-state index contributed by atoms with van der Waals surface area (Å²) in [6.07, 6.45) is 0.216. The molecule has 130 valence electrons. The molecule has 1 N–H and O–H groups in total. The standard InChI is InChI=1S/C16H13ClFN3O3S/c17-12-2-1-3-14(10-12)25(22,23)19-9-8-15-20-21-16(24-15)11-4-6-13(18)7-5-11/h1-7,10,19H,8-9H2. The van der Waals surface area contributed by atoms with Crippen LogP contribution in [0.5, 0.6) is 0 Å². The molecule has 3 aromatic rings. The van der Waals surface area contributed by atoms with Crippen molar-refractivity contribution in [3.63, 3.8) is 0 Å². The van der Waals surface area contributed by atoms with Gasteiger partial charge in [0.15, 0.2) is 0 Å². The van der Waals surface area contributed by atoms with Crippen LogP contribution in [-0.4, -0.2) is 25.2 Å². The van der Waals surface area contributed by atoms with Gasteiger partial charge < -0.3 is 4.42 Å². The summed E-state index contributed by atoms with van der Waals surface area (Å²) in [5, 5.41) is 8.06. The van der Waals surface area contributed by atoms with E-state index in [-0.39, 0.29) is 35.5 Å². The predicted molar refractivity (Wildman–Crippen MR) is 90.0 cm³/mol. The van der Waals surface area contributed by atoms with E-state index < -0.39 is 10.0 Å². The molecular formula is C16H13ClFN3O3S. The van der Waals surface area contributed by atoms with Crippen LogP contribution in [0.25, 0.3) is 11.5 Å². The Bertz CT molecular complexity index is 974. The summed E-state index contributed by atoms with van der Waals surface area (Å²) in [4.78, 5) is 0.0810. The molecule has 1 heterocycles. The minimum absolute atomic E-state index is 0.0810. The lowest BCUT2D eigenvalue weighted by molar-refractivity contribution is 0.502. The summed E-state index contributed by atoms with van der Waals surface area (Å²) in [5.41, 5.74) is 0.583. The molecule has 3 rings (SSSR count). The molecule has 0 radical (unpaired) electrons. The van der Waals surface area contributed by atoms with E-state index in [2.05, 4.69) is 14.9 Å². The zero-order valence-electron chi connectivity index (χ0n) is 12.8. The Kier molecular flexibility index (Phi) is 5.12. The highest BCUT2D eigenvalue weighted by molar-refractivity contribution is 7.89. The van der Waals surface area contributed by atoms with Gasteiger partial charge in [0.05, 0.1) is 4.90 Å².